The SMILES string of the molecule is CC(O)(CCl)c1ccc(Cc2c(Cl)cc(-n3ncc(=O)[nH]c3=O)cc2Cl)cc1. The Morgan fingerprint density at radius 3 is 2.29 bits per heavy atom. The fourth-order valence-corrected chi connectivity index (χ4v) is 3.44. The monoisotopic (exact) mass is 439 g/mol. The molecule has 1 aromatic heterocycles. The molecule has 1 heterocycles. The van der Waals surface area contributed by atoms with Gasteiger partial charge in [0.25, 0.3) is 5.56 Å². The molecule has 6 nitrogen and oxygen atoms in total. The highest BCUT2D eigenvalue weighted by Gasteiger charge is 2.21. The molecule has 0 radical (unpaired) electrons. The minimum Gasteiger partial charge on any atom is -0.384 e. The van der Waals surface area contributed by atoms with Gasteiger partial charge in [0, 0.05) is 16.5 Å². The molecule has 2 aromatic carbocycles. The third kappa shape index (κ3) is 4.31. The van der Waals surface area contributed by atoms with Crippen LogP contribution in [0, 0.1) is 0 Å². The summed E-state index contributed by atoms with van der Waals surface area (Å²) in [4.78, 5) is 25.2. The summed E-state index contributed by atoms with van der Waals surface area (Å²) in [5, 5.41) is 14.7. The van der Waals surface area contributed by atoms with Crippen molar-refractivity contribution in [2.24, 2.45) is 0 Å². The first kappa shape index (κ1) is 20.6. The highest BCUT2D eigenvalue weighted by molar-refractivity contribution is 6.36. The second-order valence-corrected chi connectivity index (χ2v) is 7.60. The Morgan fingerprint density at radius 1 is 1.14 bits per heavy atom. The van der Waals surface area contributed by atoms with Gasteiger partial charge in [-0.3, -0.25) is 9.78 Å². The maximum atomic E-state index is 11.9. The lowest BCUT2D eigenvalue weighted by molar-refractivity contribution is 0.0824. The highest BCUT2D eigenvalue weighted by atomic mass is 35.5. The molecule has 3 aromatic rings. The third-order valence-electron chi connectivity index (χ3n) is 4.30. The largest absolute Gasteiger partial charge is 0.384 e. The third-order valence-corrected chi connectivity index (χ3v) is 5.50. The van der Waals surface area contributed by atoms with Gasteiger partial charge in [0.1, 0.15) is 11.8 Å². The van der Waals surface area contributed by atoms with Gasteiger partial charge in [-0.05, 0) is 35.7 Å². The summed E-state index contributed by atoms with van der Waals surface area (Å²) in [5.74, 6) is 0.0869. The van der Waals surface area contributed by atoms with E-state index in [0.29, 0.717) is 33.3 Å². The van der Waals surface area contributed by atoms with Gasteiger partial charge in [0.05, 0.1) is 11.6 Å². The van der Waals surface area contributed by atoms with Crippen LogP contribution in [0.15, 0.2) is 52.2 Å². The number of aliphatic hydroxyl groups is 1. The minimum atomic E-state index is -1.10. The van der Waals surface area contributed by atoms with Crippen LogP contribution >= 0.6 is 34.8 Å². The van der Waals surface area contributed by atoms with Crippen LogP contribution < -0.4 is 11.2 Å². The lowest BCUT2D eigenvalue weighted by atomic mass is 9.95. The molecule has 2 N–H and O–H groups in total. The van der Waals surface area contributed by atoms with Gasteiger partial charge in [0.15, 0.2) is 0 Å². The van der Waals surface area contributed by atoms with Gasteiger partial charge < -0.3 is 5.11 Å². The molecule has 3 rings (SSSR count). The Kier molecular flexibility index (Phi) is 5.95. The van der Waals surface area contributed by atoms with E-state index in [9.17, 15) is 14.7 Å². The van der Waals surface area contributed by atoms with Crippen LogP contribution in [0.1, 0.15) is 23.6 Å². The van der Waals surface area contributed by atoms with E-state index in [-0.39, 0.29) is 5.88 Å². The first-order chi connectivity index (χ1) is 13.2. The number of H-pyrrole nitrogens is 1. The Balaban J connectivity index is 1.92. The van der Waals surface area contributed by atoms with E-state index in [1.54, 1.807) is 31.2 Å². The van der Waals surface area contributed by atoms with Crippen LogP contribution in [0.2, 0.25) is 10.0 Å². The van der Waals surface area contributed by atoms with Crippen molar-refractivity contribution in [1.82, 2.24) is 14.8 Å². The number of aromatic amines is 1. The quantitative estimate of drug-likeness (QED) is 0.596. The van der Waals surface area contributed by atoms with Crippen molar-refractivity contribution in [2.75, 3.05) is 5.88 Å². The van der Waals surface area contributed by atoms with Crippen molar-refractivity contribution in [3.05, 3.63) is 90.2 Å². The van der Waals surface area contributed by atoms with Crippen molar-refractivity contribution in [3.8, 4) is 5.69 Å². The summed E-state index contributed by atoms with van der Waals surface area (Å²) in [5.41, 5.74) is 0.289. The number of hydrogen-bond acceptors (Lipinski definition) is 4. The fraction of sp³-hybridized carbons (Fsp3) is 0.211. The van der Waals surface area contributed by atoms with E-state index in [1.807, 2.05) is 12.1 Å². The van der Waals surface area contributed by atoms with Crippen LogP contribution in [0.3, 0.4) is 0 Å². The second kappa shape index (κ2) is 8.09. The summed E-state index contributed by atoms with van der Waals surface area (Å²) < 4.78 is 1.01. The summed E-state index contributed by atoms with van der Waals surface area (Å²) in [6, 6.07) is 10.5. The lowest BCUT2D eigenvalue weighted by Crippen LogP contribution is -2.30. The van der Waals surface area contributed by atoms with Crippen LogP contribution in [0.4, 0.5) is 0 Å². The van der Waals surface area contributed by atoms with Crippen molar-refractivity contribution < 1.29 is 5.11 Å². The van der Waals surface area contributed by atoms with E-state index in [1.165, 1.54) is 0 Å². The molecule has 0 aliphatic carbocycles. The molecule has 0 aliphatic rings. The van der Waals surface area contributed by atoms with Crippen LogP contribution in [-0.4, -0.2) is 25.8 Å². The summed E-state index contributed by atoms with van der Waals surface area (Å²) in [6.07, 6.45) is 1.45. The molecule has 0 aliphatic heterocycles. The van der Waals surface area contributed by atoms with Gasteiger partial charge in [-0.1, -0.05) is 47.5 Å². The fourth-order valence-electron chi connectivity index (χ4n) is 2.68. The van der Waals surface area contributed by atoms with Crippen molar-refractivity contribution >= 4 is 34.8 Å². The standard InChI is InChI=1S/C19H16Cl3N3O3/c1-19(28,10-20)12-4-2-11(3-5-12)6-14-15(21)7-13(8-16(14)22)25-18(27)24-17(26)9-23-25/h2-5,7-9,28H,6,10H2,1H3,(H,24,26,27). The lowest BCUT2D eigenvalue weighted by Gasteiger charge is -2.21. The number of benzene rings is 2. The number of nitrogens with zero attached hydrogens (tertiary/aromatic N) is 2. The van der Waals surface area contributed by atoms with E-state index in [4.69, 9.17) is 34.8 Å². The van der Waals surface area contributed by atoms with Gasteiger partial charge >= 0.3 is 5.69 Å². The Bertz CT molecular complexity index is 1100. The molecule has 146 valence electrons. The zero-order valence-corrected chi connectivity index (χ0v) is 17.0. The summed E-state index contributed by atoms with van der Waals surface area (Å²) in [7, 11) is 0. The van der Waals surface area contributed by atoms with Gasteiger partial charge in [-0.25, -0.2) is 4.79 Å². The van der Waals surface area contributed by atoms with E-state index in [2.05, 4.69) is 10.1 Å². The van der Waals surface area contributed by atoms with Gasteiger partial charge in [-0.15, -0.1) is 11.6 Å². The van der Waals surface area contributed by atoms with Crippen molar-refractivity contribution in [1.29, 1.82) is 0 Å². The van der Waals surface area contributed by atoms with E-state index < -0.39 is 16.9 Å². The first-order valence-corrected chi connectivity index (χ1v) is 9.55. The number of nitrogens with one attached hydrogen (secondary N) is 1. The highest BCUT2D eigenvalue weighted by Crippen LogP contribution is 2.30. The maximum Gasteiger partial charge on any atom is 0.349 e. The van der Waals surface area contributed by atoms with Gasteiger partial charge in [-0.2, -0.15) is 9.78 Å². The molecular formula is C19H16Cl3N3O3. The molecule has 0 saturated carbocycles. The molecule has 1 atom stereocenters. The van der Waals surface area contributed by atoms with Gasteiger partial charge in [0.2, 0.25) is 0 Å². The molecule has 9 heteroatoms. The zero-order chi connectivity index (χ0) is 20.5. The second-order valence-electron chi connectivity index (χ2n) is 6.52. The normalized spacial score (nSPS) is 13.3. The average Bonchev–Trinajstić information content (AvgIpc) is 2.65. The molecule has 0 spiro atoms. The van der Waals surface area contributed by atoms with Crippen LogP contribution in [-0.2, 0) is 12.0 Å². The topological polar surface area (TPSA) is 88.0 Å². The minimum absolute atomic E-state index is 0.0869. The first-order valence-electron chi connectivity index (χ1n) is 8.26. The zero-order valence-electron chi connectivity index (χ0n) is 14.7. The predicted molar refractivity (Wildman–Crippen MR) is 110 cm³/mol. The van der Waals surface area contributed by atoms with Crippen molar-refractivity contribution in [3.63, 3.8) is 0 Å². The number of aromatic nitrogens is 3. The summed E-state index contributed by atoms with van der Waals surface area (Å²) >= 11 is 18.6. The summed E-state index contributed by atoms with van der Waals surface area (Å²) in [6.45, 7) is 1.65. The van der Waals surface area contributed by atoms with Crippen LogP contribution in [0.25, 0.3) is 5.69 Å². The smallest absolute Gasteiger partial charge is 0.349 e. The average molecular weight is 441 g/mol. The Hall–Kier alpha value is -2.12. The number of rotatable bonds is 5. The maximum absolute atomic E-state index is 11.9. The Morgan fingerprint density at radius 2 is 1.75 bits per heavy atom. The number of alkyl halides is 1. The van der Waals surface area contributed by atoms with Crippen molar-refractivity contribution in [2.45, 2.75) is 18.9 Å². The molecule has 0 bridgehead atoms. The molecular weight excluding hydrogens is 425 g/mol. The molecule has 0 saturated heterocycles. The number of hydrogen-bond donors (Lipinski definition) is 2. The molecule has 0 amide bonds. The molecule has 1 unspecified atom stereocenters. The van der Waals surface area contributed by atoms with E-state index >= 15 is 0 Å². The predicted octanol–water partition coefficient (Wildman–Crippen LogP) is 3.26. The molecule has 28 heavy (non-hydrogen) atoms. The van der Waals surface area contributed by atoms with Crippen LogP contribution in [0.5, 0.6) is 0 Å². The molecule has 0 fully saturated rings. The Labute approximate surface area is 175 Å². The van der Waals surface area contributed by atoms with E-state index in [0.717, 1.165) is 16.4 Å². The number of halogens is 3.